The monoisotopic (exact) mass is 365 g/mol. The van der Waals surface area contributed by atoms with Crippen molar-refractivity contribution in [3.8, 4) is 11.6 Å². The summed E-state index contributed by atoms with van der Waals surface area (Å²) in [6.45, 7) is 0.247. The van der Waals surface area contributed by atoms with Crippen LogP contribution in [-0.2, 0) is 6.54 Å². The predicted octanol–water partition coefficient (Wildman–Crippen LogP) is 3.15. The molecule has 3 N–H and O–H groups in total. The zero-order valence-corrected chi connectivity index (χ0v) is 14.4. The van der Waals surface area contributed by atoms with Crippen LogP contribution in [0.25, 0.3) is 21.7 Å². The van der Waals surface area contributed by atoms with Crippen molar-refractivity contribution in [2.24, 2.45) is 0 Å². The van der Waals surface area contributed by atoms with Crippen LogP contribution in [0, 0.1) is 5.82 Å². The Hall–Kier alpha value is -3.61. The summed E-state index contributed by atoms with van der Waals surface area (Å²) >= 11 is 0. The molecule has 0 spiro atoms. The van der Waals surface area contributed by atoms with Gasteiger partial charge < -0.3 is 20.1 Å². The number of amides is 1. The molecule has 6 nitrogen and oxygen atoms in total. The van der Waals surface area contributed by atoms with Crippen molar-refractivity contribution in [1.29, 1.82) is 0 Å². The number of phenolic OH excluding ortho intramolecular Hbond substituents is 1. The third kappa shape index (κ3) is 2.64. The summed E-state index contributed by atoms with van der Waals surface area (Å²) in [7, 11) is 1.51. The van der Waals surface area contributed by atoms with E-state index in [1.165, 1.54) is 29.9 Å². The summed E-state index contributed by atoms with van der Waals surface area (Å²) in [5, 5.41) is 25.0. The molecule has 0 aliphatic rings. The Bertz CT molecular complexity index is 1180. The van der Waals surface area contributed by atoms with Gasteiger partial charge in [0.15, 0.2) is 5.75 Å². The maximum absolute atomic E-state index is 13.1. The number of hydrogen-bond donors (Lipinski definition) is 3. The minimum atomic E-state index is -0.350. The average Bonchev–Trinajstić information content (AvgIpc) is 3.00. The van der Waals surface area contributed by atoms with Crippen molar-refractivity contribution in [2.45, 2.75) is 6.54 Å². The van der Waals surface area contributed by atoms with Crippen molar-refractivity contribution in [2.75, 3.05) is 7.05 Å². The number of aromatic nitrogens is 2. The standard InChI is InChI=1S/C20H16FN3O3/c1-22-19(26)15-13-3-2-8-23-17(13)18(25)16-14(15)10-24(20(16)27)9-11-4-6-12(21)7-5-11/h2-8,10,25,27H,9H2,1H3,(H,22,26). The van der Waals surface area contributed by atoms with Crippen LogP contribution in [0.1, 0.15) is 15.9 Å². The Morgan fingerprint density at radius 1 is 1.19 bits per heavy atom. The molecule has 0 saturated carbocycles. The number of rotatable bonds is 3. The molecule has 136 valence electrons. The number of nitrogens with one attached hydrogen (secondary N) is 1. The van der Waals surface area contributed by atoms with Crippen molar-refractivity contribution in [3.05, 3.63) is 65.7 Å². The van der Waals surface area contributed by atoms with E-state index in [-0.39, 0.29) is 40.8 Å². The number of carbonyl (C=O) groups is 1. The van der Waals surface area contributed by atoms with E-state index in [0.717, 1.165) is 5.56 Å². The van der Waals surface area contributed by atoms with Gasteiger partial charge in [0.05, 0.1) is 17.5 Å². The third-order valence-corrected chi connectivity index (χ3v) is 4.58. The van der Waals surface area contributed by atoms with Gasteiger partial charge in [0, 0.05) is 30.2 Å². The number of nitrogens with zero attached hydrogens (tertiary/aromatic N) is 2. The molecule has 2 aromatic heterocycles. The van der Waals surface area contributed by atoms with Crippen LogP contribution in [0.3, 0.4) is 0 Å². The van der Waals surface area contributed by atoms with Gasteiger partial charge in [0.25, 0.3) is 5.91 Å². The molecule has 2 aromatic carbocycles. The van der Waals surface area contributed by atoms with E-state index in [2.05, 4.69) is 10.3 Å². The first-order valence-corrected chi connectivity index (χ1v) is 8.29. The zero-order chi connectivity index (χ0) is 19.1. The molecule has 4 rings (SSSR count). The fourth-order valence-corrected chi connectivity index (χ4v) is 3.30. The molecule has 0 bridgehead atoms. The molecule has 4 aromatic rings. The van der Waals surface area contributed by atoms with Gasteiger partial charge in [-0.25, -0.2) is 4.39 Å². The summed E-state index contributed by atoms with van der Waals surface area (Å²) in [6, 6.07) is 9.26. The van der Waals surface area contributed by atoms with Gasteiger partial charge in [0.1, 0.15) is 11.3 Å². The van der Waals surface area contributed by atoms with Crippen LogP contribution >= 0.6 is 0 Å². The molecule has 0 aliphatic heterocycles. The number of pyridine rings is 1. The van der Waals surface area contributed by atoms with Gasteiger partial charge >= 0.3 is 0 Å². The number of fused-ring (bicyclic) bond motifs is 2. The Morgan fingerprint density at radius 2 is 1.93 bits per heavy atom. The number of halogens is 1. The van der Waals surface area contributed by atoms with Gasteiger partial charge in [-0.05, 0) is 23.8 Å². The van der Waals surface area contributed by atoms with E-state index in [0.29, 0.717) is 16.3 Å². The quantitative estimate of drug-likeness (QED) is 0.520. The van der Waals surface area contributed by atoms with Crippen LogP contribution < -0.4 is 5.32 Å². The van der Waals surface area contributed by atoms with Crippen molar-refractivity contribution >= 4 is 27.6 Å². The molecule has 27 heavy (non-hydrogen) atoms. The van der Waals surface area contributed by atoms with Crippen molar-refractivity contribution in [1.82, 2.24) is 14.9 Å². The molecule has 7 heteroatoms. The molecule has 2 heterocycles. The molecular formula is C20H16FN3O3. The lowest BCUT2D eigenvalue weighted by atomic mass is 10.0. The number of carbonyl (C=O) groups excluding carboxylic acids is 1. The second-order valence-electron chi connectivity index (χ2n) is 6.20. The molecule has 0 atom stereocenters. The van der Waals surface area contributed by atoms with Gasteiger partial charge in [0.2, 0.25) is 5.88 Å². The van der Waals surface area contributed by atoms with Crippen molar-refractivity contribution < 1.29 is 19.4 Å². The number of benzene rings is 2. The Morgan fingerprint density at radius 3 is 2.63 bits per heavy atom. The van der Waals surface area contributed by atoms with Crippen LogP contribution in [0.2, 0.25) is 0 Å². The summed E-state index contributed by atoms with van der Waals surface area (Å²) in [5.74, 6) is -1.08. The third-order valence-electron chi connectivity index (χ3n) is 4.58. The van der Waals surface area contributed by atoms with E-state index >= 15 is 0 Å². The van der Waals surface area contributed by atoms with Crippen LogP contribution in [0.4, 0.5) is 4.39 Å². The molecule has 0 fully saturated rings. The summed E-state index contributed by atoms with van der Waals surface area (Å²) in [4.78, 5) is 16.7. The highest BCUT2D eigenvalue weighted by Gasteiger charge is 2.23. The van der Waals surface area contributed by atoms with Crippen LogP contribution in [-0.4, -0.2) is 32.7 Å². The predicted molar refractivity (Wildman–Crippen MR) is 99.5 cm³/mol. The van der Waals surface area contributed by atoms with Gasteiger partial charge in [-0.1, -0.05) is 18.2 Å². The first kappa shape index (κ1) is 16.8. The fraction of sp³-hybridized carbons (Fsp3) is 0.100. The molecular weight excluding hydrogens is 349 g/mol. The Balaban J connectivity index is 2.00. The largest absolute Gasteiger partial charge is 0.505 e. The molecule has 0 aliphatic carbocycles. The second-order valence-corrected chi connectivity index (χ2v) is 6.20. The summed E-state index contributed by atoms with van der Waals surface area (Å²) in [6.07, 6.45) is 3.11. The molecule has 0 radical (unpaired) electrons. The van der Waals surface area contributed by atoms with Gasteiger partial charge in [-0.3, -0.25) is 9.78 Å². The maximum Gasteiger partial charge on any atom is 0.252 e. The Labute approximate surface area is 153 Å². The lowest BCUT2D eigenvalue weighted by molar-refractivity contribution is 0.0966. The van der Waals surface area contributed by atoms with Crippen LogP contribution in [0.5, 0.6) is 11.6 Å². The summed E-state index contributed by atoms with van der Waals surface area (Å²) in [5.41, 5.74) is 1.32. The smallest absolute Gasteiger partial charge is 0.252 e. The van der Waals surface area contributed by atoms with E-state index in [4.69, 9.17) is 0 Å². The van der Waals surface area contributed by atoms with E-state index in [1.807, 2.05) is 0 Å². The first-order valence-electron chi connectivity index (χ1n) is 8.29. The number of hydrogen-bond acceptors (Lipinski definition) is 4. The number of phenols is 1. The van der Waals surface area contributed by atoms with Crippen molar-refractivity contribution in [3.63, 3.8) is 0 Å². The lowest BCUT2D eigenvalue weighted by Gasteiger charge is -2.09. The second kappa shape index (κ2) is 6.28. The highest BCUT2D eigenvalue weighted by molar-refractivity contribution is 6.21. The van der Waals surface area contributed by atoms with Gasteiger partial charge in [-0.2, -0.15) is 0 Å². The lowest BCUT2D eigenvalue weighted by Crippen LogP contribution is -2.18. The Kier molecular flexibility index (Phi) is 3.92. The first-order chi connectivity index (χ1) is 13.0. The highest BCUT2D eigenvalue weighted by Crippen LogP contribution is 2.42. The normalized spacial score (nSPS) is 11.2. The molecule has 1 amide bonds. The van der Waals surface area contributed by atoms with E-state index in [9.17, 15) is 19.4 Å². The summed E-state index contributed by atoms with van der Waals surface area (Å²) < 4.78 is 14.6. The van der Waals surface area contributed by atoms with E-state index < -0.39 is 0 Å². The van der Waals surface area contributed by atoms with Gasteiger partial charge in [-0.15, -0.1) is 0 Å². The maximum atomic E-state index is 13.1. The van der Waals surface area contributed by atoms with Crippen LogP contribution in [0.15, 0.2) is 48.8 Å². The molecule has 0 unspecified atom stereocenters. The molecule has 0 saturated heterocycles. The number of aromatic hydroxyl groups is 2. The average molecular weight is 365 g/mol. The highest BCUT2D eigenvalue weighted by atomic mass is 19.1. The SMILES string of the molecule is CNC(=O)c1c2cccnc2c(O)c2c(O)n(Cc3ccc(F)cc3)cc12. The fourth-order valence-electron chi connectivity index (χ4n) is 3.30. The minimum absolute atomic E-state index is 0.155. The topological polar surface area (TPSA) is 87.4 Å². The van der Waals surface area contributed by atoms with E-state index in [1.54, 1.807) is 30.5 Å². The zero-order valence-electron chi connectivity index (χ0n) is 14.4. The minimum Gasteiger partial charge on any atom is -0.505 e.